The number of allylic oxidation sites excluding steroid dienone is 2. The minimum Gasteiger partial charge on any atom is -0.469 e. The Morgan fingerprint density at radius 3 is 2.31 bits per heavy atom. The fraction of sp³-hybridized carbons (Fsp3) is 0.421. The highest BCUT2D eigenvalue weighted by Gasteiger charge is 2.29. The lowest BCUT2D eigenvalue weighted by Crippen LogP contribution is -2.44. The van der Waals surface area contributed by atoms with E-state index in [4.69, 9.17) is 14.2 Å². The van der Waals surface area contributed by atoms with Gasteiger partial charge >= 0.3 is 18.0 Å². The Morgan fingerprint density at radius 1 is 1.08 bits per heavy atom. The summed E-state index contributed by atoms with van der Waals surface area (Å²) in [5, 5.41) is 2.46. The Hall–Kier alpha value is -2.83. The lowest BCUT2D eigenvalue weighted by molar-refractivity contribution is -0.147. The topological polar surface area (TPSA) is 90.9 Å². The molecule has 0 saturated carbocycles. The molecule has 0 fully saturated rings. The van der Waals surface area contributed by atoms with E-state index >= 15 is 0 Å². The van der Waals surface area contributed by atoms with E-state index < -0.39 is 30.0 Å². The molecule has 0 spiro atoms. The number of hydrogen-bond donors (Lipinski definition) is 1. The number of hydrogen-bond acceptors (Lipinski definition) is 6. The van der Waals surface area contributed by atoms with E-state index in [2.05, 4.69) is 5.32 Å². The summed E-state index contributed by atoms with van der Waals surface area (Å²) in [7, 11) is 2.49. The number of carbonyl (C=O) groups is 3. The zero-order valence-corrected chi connectivity index (χ0v) is 15.3. The van der Waals surface area contributed by atoms with E-state index in [1.807, 2.05) is 37.3 Å². The minimum atomic E-state index is -1.02. The summed E-state index contributed by atoms with van der Waals surface area (Å²) in [6.07, 6.45) is 3.26. The number of ether oxygens (including phenoxy) is 3. The molecule has 142 valence electrons. The summed E-state index contributed by atoms with van der Waals surface area (Å²) in [6, 6.07) is 8.13. The van der Waals surface area contributed by atoms with Gasteiger partial charge in [0.2, 0.25) is 0 Å². The Morgan fingerprint density at radius 2 is 1.73 bits per heavy atom. The molecule has 1 aromatic rings. The second-order valence-corrected chi connectivity index (χ2v) is 5.54. The van der Waals surface area contributed by atoms with E-state index in [0.717, 1.165) is 5.56 Å². The number of methoxy groups -OCH3 is 2. The minimum absolute atomic E-state index is 0.0458. The molecule has 1 aromatic carbocycles. The summed E-state index contributed by atoms with van der Waals surface area (Å²) in [5.74, 6) is -1.71. The van der Waals surface area contributed by atoms with Gasteiger partial charge in [0.15, 0.2) is 0 Å². The summed E-state index contributed by atoms with van der Waals surface area (Å²) >= 11 is 0. The van der Waals surface area contributed by atoms with Crippen LogP contribution >= 0.6 is 0 Å². The normalized spacial score (nSPS) is 12.9. The zero-order chi connectivity index (χ0) is 19.4. The molecule has 0 radical (unpaired) electrons. The van der Waals surface area contributed by atoms with E-state index in [1.54, 1.807) is 12.2 Å². The maximum Gasteiger partial charge on any atom is 0.408 e. The molecule has 7 nitrogen and oxygen atoms in total. The van der Waals surface area contributed by atoms with Gasteiger partial charge in [-0.25, -0.2) is 9.59 Å². The lowest BCUT2D eigenvalue weighted by atomic mass is 9.96. The molecule has 0 heterocycles. The molecule has 0 aliphatic rings. The maximum absolute atomic E-state index is 12.0. The quantitative estimate of drug-likeness (QED) is 0.412. The molecule has 0 aliphatic carbocycles. The van der Waals surface area contributed by atoms with Crippen LogP contribution in [0.15, 0.2) is 42.5 Å². The molecule has 0 aromatic heterocycles. The van der Waals surface area contributed by atoms with Gasteiger partial charge in [-0.05, 0) is 25.3 Å². The van der Waals surface area contributed by atoms with Crippen molar-refractivity contribution < 1.29 is 28.6 Å². The van der Waals surface area contributed by atoms with Gasteiger partial charge in [0.1, 0.15) is 12.6 Å². The first-order chi connectivity index (χ1) is 12.5. The molecule has 0 unspecified atom stereocenters. The number of rotatable bonds is 9. The van der Waals surface area contributed by atoms with Crippen LogP contribution in [0.5, 0.6) is 0 Å². The summed E-state index contributed by atoms with van der Waals surface area (Å²) in [5.41, 5.74) is 0.817. The second-order valence-electron chi connectivity index (χ2n) is 5.54. The van der Waals surface area contributed by atoms with Gasteiger partial charge < -0.3 is 19.5 Å². The van der Waals surface area contributed by atoms with Gasteiger partial charge in [-0.3, -0.25) is 4.79 Å². The predicted octanol–water partition coefficient (Wildman–Crippen LogP) is 2.60. The molecule has 1 rings (SSSR count). The first-order valence-corrected chi connectivity index (χ1v) is 8.25. The SMILES string of the molecule is C/C=C/C[C@@H](C[C@H](NC(=O)OCc1ccccc1)C(=O)OC)C(=O)OC. The molecule has 0 bridgehead atoms. The highest BCUT2D eigenvalue weighted by atomic mass is 16.6. The molecule has 1 amide bonds. The predicted molar refractivity (Wildman–Crippen MR) is 95.1 cm³/mol. The average molecular weight is 363 g/mol. The van der Waals surface area contributed by atoms with Crippen LogP contribution in [-0.4, -0.2) is 38.3 Å². The molecule has 0 saturated heterocycles. The van der Waals surface area contributed by atoms with Crippen molar-refractivity contribution >= 4 is 18.0 Å². The third-order valence-electron chi connectivity index (χ3n) is 3.70. The Bertz CT molecular complexity index is 614. The molecule has 2 atom stereocenters. The van der Waals surface area contributed by atoms with Crippen LogP contribution in [-0.2, 0) is 30.4 Å². The number of carbonyl (C=O) groups excluding carboxylic acids is 3. The van der Waals surface area contributed by atoms with Crippen molar-refractivity contribution in [2.24, 2.45) is 5.92 Å². The van der Waals surface area contributed by atoms with Gasteiger partial charge in [-0.1, -0.05) is 42.5 Å². The van der Waals surface area contributed by atoms with Crippen molar-refractivity contribution in [2.75, 3.05) is 14.2 Å². The van der Waals surface area contributed by atoms with Crippen molar-refractivity contribution in [1.29, 1.82) is 0 Å². The number of nitrogens with one attached hydrogen (secondary N) is 1. The number of amides is 1. The zero-order valence-electron chi connectivity index (χ0n) is 15.3. The molecule has 0 aliphatic heterocycles. The number of benzene rings is 1. The van der Waals surface area contributed by atoms with Gasteiger partial charge in [-0.2, -0.15) is 0 Å². The summed E-state index contributed by atoms with van der Waals surface area (Å²) in [4.78, 5) is 35.9. The van der Waals surface area contributed by atoms with Crippen LogP contribution in [0.1, 0.15) is 25.3 Å². The molecular formula is C19H25NO6. The third kappa shape index (κ3) is 7.38. The summed E-state index contributed by atoms with van der Waals surface area (Å²) in [6.45, 7) is 1.89. The monoisotopic (exact) mass is 363 g/mol. The van der Waals surface area contributed by atoms with E-state index in [0.29, 0.717) is 6.42 Å². The number of alkyl carbamates (subject to hydrolysis) is 1. The molecule has 7 heteroatoms. The maximum atomic E-state index is 12.0. The first-order valence-electron chi connectivity index (χ1n) is 8.25. The largest absolute Gasteiger partial charge is 0.469 e. The van der Waals surface area contributed by atoms with E-state index in [1.165, 1.54) is 14.2 Å². The van der Waals surface area contributed by atoms with Crippen LogP contribution in [0.3, 0.4) is 0 Å². The standard InChI is InChI=1S/C19H25NO6/c1-4-5-11-15(17(21)24-2)12-16(18(22)25-3)20-19(23)26-13-14-9-7-6-8-10-14/h4-10,15-16H,11-13H2,1-3H3,(H,20,23)/b5-4+/t15-,16-/m0/s1. The van der Waals surface area contributed by atoms with Crippen molar-refractivity contribution in [3.8, 4) is 0 Å². The first kappa shape index (κ1) is 21.2. The Kier molecular flexibility index (Phi) is 9.53. The Labute approximate surface area is 153 Å². The Balaban J connectivity index is 2.70. The van der Waals surface area contributed by atoms with Gasteiger partial charge in [-0.15, -0.1) is 0 Å². The van der Waals surface area contributed by atoms with Crippen molar-refractivity contribution in [3.05, 3.63) is 48.0 Å². The van der Waals surface area contributed by atoms with Crippen LogP contribution in [0, 0.1) is 5.92 Å². The molecular weight excluding hydrogens is 338 g/mol. The van der Waals surface area contributed by atoms with Crippen molar-refractivity contribution in [1.82, 2.24) is 5.32 Å². The van der Waals surface area contributed by atoms with E-state index in [9.17, 15) is 14.4 Å². The van der Waals surface area contributed by atoms with Gasteiger partial charge in [0, 0.05) is 0 Å². The average Bonchev–Trinajstić information content (AvgIpc) is 2.68. The van der Waals surface area contributed by atoms with Crippen LogP contribution < -0.4 is 5.32 Å². The fourth-order valence-corrected chi connectivity index (χ4v) is 2.30. The van der Waals surface area contributed by atoms with Crippen LogP contribution in [0.4, 0.5) is 4.79 Å². The fourth-order valence-electron chi connectivity index (χ4n) is 2.30. The smallest absolute Gasteiger partial charge is 0.408 e. The molecule has 1 N–H and O–H groups in total. The molecule has 26 heavy (non-hydrogen) atoms. The van der Waals surface area contributed by atoms with Crippen LogP contribution in [0.2, 0.25) is 0 Å². The number of esters is 2. The lowest BCUT2D eigenvalue weighted by Gasteiger charge is -2.20. The van der Waals surface area contributed by atoms with Crippen molar-refractivity contribution in [3.63, 3.8) is 0 Å². The van der Waals surface area contributed by atoms with Crippen molar-refractivity contribution in [2.45, 2.75) is 32.4 Å². The highest BCUT2D eigenvalue weighted by molar-refractivity contribution is 5.82. The van der Waals surface area contributed by atoms with Crippen LogP contribution in [0.25, 0.3) is 0 Å². The second kappa shape index (κ2) is 11.7. The van der Waals surface area contributed by atoms with Gasteiger partial charge in [0.05, 0.1) is 20.1 Å². The third-order valence-corrected chi connectivity index (χ3v) is 3.70. The van der Waals surface area contributed by atoms with E-state index in [-0.39, 0.29) is 13.0 Å². The van der Waals surface area contributed by atoms with Gasteiger partial charge in [0.25, 0.3) is 0 Å². The summed E-state index contributed by atoms with van der Waals surface area (Å²) < 4.78 is 14.6. The highest BCUT2D eigenvalue weighted by Crippen LogP contribution is 2.16.